The van der Waals surface area contributed by atoms with Gasteiger partial charge in [0.25, 0.3) is 5.91 Å². The Labute approximate surface area is 162 Å². The number of amides is 1. The summed E-state index contributed by atoms with van der Waals surface area (Å²) in [6.07, 6.45) is 3.19. The Balaban J connectivity index is 1.79. The molecule has 1 amide bonds. The van der Waals surface area contributed by atoms with Crippen LogP contribution in [0.5, 0.6) is 11.5 Å². The molecule has 6 nitrogen and oxygen atoms in total. The Kier molecular flexibility index (Phi) is 4.68. The Hall–Kier alpha value is -3.80. The van der Waals surface area contributed by atoms with Crippen LogP contribution in [0.25, 0.3) is 6.08 Å². The third-order valence-corrected chi connectivity index (χ3v) is 4.36. The molecule has 0 atom stereocenters. The number of nitrogens with zero attached hydrogens (tertiary/aromatic N) is 2. The molecule has 0 radical (unpaired) electrons. The molecule has 0 saturated carbocycles. The van der Waals surface area contributed by atoms with Crippen LogP contribution >= 0.6 is 0 Å². The number of anilines is 1. The van der Waals surface area contributed by atoms with E-state index in [2.05, 4.69) is 4.99 Å². The van der Waals surface area contributed by atoms with Crippen molar-refractivity contribution in [1.82, 2.24) is 0 Å². The fourth-order valence-electron chi connectivity index (χ4n) is 2.93. The summed E-state index contributed by atoms with van der Waals surface area (Å²) >= 11 is 0. The van der Waals surface area contributed by atoms with E-state index in [0.29, 0.717) is 28.7 Å². The van der Waals surface area contributed by atoms with Crippen molar-refractivity contribution in [3.8, 4) is 11.5 Å². The van der Waals surface area contributed by atoms with Crippen LogP contribution < -0.4 is 14.4 Å². The Morgan fingerprint density at radius 2 is 1.57 bits per heavy atom. The molecule has 0 aliphatic carbocycles. The average Bonchev–Trinajstić information content (AvgIpc) is 3.37. The third kappa shape index (κ3) is 3.27. The molecule has 1 aliphatic rings. The average molecular weight is 374 g/mol. The maximum absolute atomic E-state index is 13.1. The van der Waals surface area contributed by atoms with Crippen LogP contribution in [-0.4, -0.2) is 26.0 Å². The maximum atomic E-state index is 13.1. The smallest absolute Gasteiger partial charge is 0.282 e. The second kappa shape index (κ2) is 7.44. The first-order valence-corrected chi connectivity index (χ1v) is 8.66. The van der Waals surface area contributed by atoms with E-state index >= 15 is 0 Å². The van der Waals surface area contributed by atoms with Gasteiger partial charge in [0.05, 0.1) is 26.2 Å². The van der Waals surface area contributed by atoms with Gasteiger partial charge in [0.2, 0.25) is 0 Å². The molecule has 4 rings (SSSR count). The van der Waals surface area contributed by atoms with E-state index in [-0.39, 0.29) is 5.91 Å². The molecule has 2 aromatic carbocycles. The lowest BCUT2D eigenvalue weighted by Gasteiger charge is -2.19. The molecule has 2 heterocycles. The number of carbonyl (C=O) groups excluding carboxylic acids is 1. The minimum atomic E-state index is -0.229. The van der Waals surface area contributed by atoms with Gasteiger partial charge in [-0.2, -0.15) is 0 Å². The van der Waals surface area contributed by atoms with Crippen LogP contribution in [0.2, 0.25) is 0 Å². The molecule has 6 heteroatoms. The zero-order valence-electron chi connectivity index (χ0n) is 15.5. The summed E-state index contributed by atoms with van der Waals surface area (Å²) in [5.41, 5.74) is 1.80. The van der Waals surface area contributed by atoms with Gasteiger partial charge in [-0.25, -0.2) is 4.99 Å². The normalized spacial score (nSPS) is 15.1. The van der Waals surface area contributed by atoms with Crippen molar-refractivity contribution < 1.29 is 18.7 Å². The Morgan fingerprint density at radius 1 is 0.929 bits per heavy atom. The van der Waals surface area contributed by atoms with Crippen molar-refractivity contribution in [2.75, 3.05) is 19.1 Å². The van der Waals surface area contributed by atoms with Crippen molar-refractivity contribution in [2.45, 2.75) is 0 Å². The minimum absolute atomic E-state index is 0.229. The first-order valence-electron chi connectivity index (χ1n) is 8.66. The van der Waals surface area contributed by atoms with Crippen molar-refractivity contribution in [3.63, 3.8) is 0 Å². The first kappa shape index (κ1) is 17.6. The molecule has 0 fully saturated rings. The second-order valence-electron chi connectivity index (χ2n) is 6.05. The lowest BCUT2D eigenvalue weighted by molar-refractivity contribution is -0.113. The van der Waals surface area contributed by atoms with Crippen LogP contribution in [0.4, 0.5) is 5.69 Å². The summed E-state index contributed by atoms with van der Waals surface area (Å²) in [6.45, 7) is 0. The van der Waals surface area contributed by atoms with Crippen LogP contribution in [-0.2, 0) is 4.79 Å². The number of carbonyl (C=O) groups is 1. The summed E-state index contributed by atoms with van der Waals surface area (Å²) in [7, 11) is 3.21. The van der Waals surface area contributed by atoms with Crippen molar-refractivity contribution in [3.05, 3.63) is 83.9 Å². The largest absolute Gasteiger partial charge is 0.497 e. The molecule has 0 spiro atoms. The number of aliphatic imine (C=N–C) groups is 1. The topological polar surface area (TPSA) is 64.3 Å². The molecule has 0 bridgehead atoms. The highest BCUT2D eigenvalue weighted by Gasteiger charge is 2.32. The SMILES string of the molecule is COc1ccc(C2=N/C(=C/c3ccco3)C(=O)N2c2ccc(OC)cc2)cc1. The summed E-state index contributed by atoms with van der Waals surface area (Å²) in [6, 6.07) is 18.2. The zero-order valence-corrected chi connectivity index (χ0v) is 15.5. The van der Waals surface area contributed by atoms with Gasteiger partial charge in [-0.1, -0.05) is 0 Å². The number of furan rings is 1. The van der Waals surface area contributed by atoms with E-state index in [9.17, 15) is 4.79 Å². The van der Waals surface area contributed by atoms with Crippen LogP contribution in [0.3, 0.4) is 0 Å². The summed E-state index contributed by atoms with van der Waals surface area (Å²) < 4.78 is 15.8. The number of methoxy groups -OCH3 is 2. The van der Waals surface area contributed by atoms with E-state index < -0.39 is 0 Å². The van der Waals surface area contributed by atoms with Gasteiger partial charge < -0.3 is 13.9 Å². The number of hydrogen-bond donors (Lipinski definition) is 0. The quantitative estimate of drug-likeness (QED) is 0.630. The molecule has 140 valence electrons. The molecule has 0 saturated heterocycles. The molecular weight excluding hydrogens is 356 g/mol. The van der Waals surface area contributed by atoms with E-state index in [1.54, 1.807) is 43.6 Å². The van der Waals surface area contributed by atoms with Crippen molar-refractivity contribution in [2.24, 2.45) is 4.99 Å². The van der Waals surface area contributed by atoms with Gasteiger partial charge in [0.1, 0.15) is 28.8 Å². The van der Waals surface area contributed by atoms with Gasteiger partial charge in [-0.3, -0.25) is 9.69 Å². The lowest BCUT2D eigenvalue weighted by Crippen LogP contribution is -2.32. The van der Waals surface area contributed by atoms with E-state index in [1.807, 2.05) is 48.5 Å². The van der Waals surface area contributed by atoms with Crippen LogP contribution in [0.15, 0.2) is 82.0 Å². The highest BCUT2D eigenvalue weighted by Crippen LogP contribution is 2.29. The minimum Gasteiger partial charge on any atom is -0.497 e. The maximum Gasteiger partial charge on any atom is 0.282 e. The number of rotatable bonds is 5. The first-order chi connectivity index (χ1) is 13.7. The van der Waals surface area contributed by atoms with Gasteiger partial charge in [0, 0.05) is 11.6 Å². The molecule has 28 heavy (non-hydrogen) atoms. The number of ether oxygens (including phenoxy) is 2. The fourth-order valence-corrected chi connectivity index (χ4v) is 2.93. The second-order valence-corrected chi connectivity index (χ2v) is 6.05. The van der Waals surface area contributed by atoms with Gasteiger partial charge in [-0.15, -0.1) is 0 Å². The van der Waals surface area contributed by atoms with Crippen molar-refractivity contribution >= 4 is 23.5 Å². The standard InChI is InChI=1S/C22H18N2O4/c1-26-17-9-5-15(6-10-17)21-23-20(14-19-4-3-13-28-19)22(25)24(21)16-7-11-18(27-2)12-8-16/h3-14H,1-2H3/b20-14+. The molecule has 1 aliphatic heterocycles. The van der Waals surface area contributed by atoms with E-state index in [4.69, 9.17) is 13.9 Å². The highest BCUT2D eigenvalue weighted by molar-refractivity contribution is 6.33. The summed E-state index contributed by atoms with van der Waals surface area (Å²) in [5, 5.41) is 0. The lowest BCUT2D eigenvalue weighted by atomic mass is 10.1. The summed E-state index contributed by atoms with van der Waals surface area (Å²) in [4.78, 5) is 19.3. The van der Waals surface area contributed by atoms with Crippen LogP contribution in [0, 0.1) is 0 Å². The van der Waals surface area contributed by atoms with Crippen molar-refractivity contribution in [1.29, 1.82) is 0 Å². The summed E-state index contributed by atoms with van der Waals surface area (Å²) in [5.74, 6) is 2.32. The van der Waals surface area contributed by atoms with E-state index in [0.717, 1.165) is 11.3 Å². The molecule has 1 aromatic heterocycles. The number of benzene rings is 2. The van der Waals surface area contributed by atoms with Crippen LogP contribution in [0.1, 0.15) is 11.3 Å². The fraction of sp³-hybridized carbons (Fsp3) is 0.0909. The predicted octanol–water partition coefficient (Wildman–Crippen LogP) is 4.13. The van der Waals surface area contributed by atoms with Gasteiger partial charge in [0.15, 0.2) is 0 Å². The van der Waals surface area contributed by atoms with E-state index in [1.165, 1.54) is 0 Å². The predicted molar refractivity (Wildman–Crippen MR) is 107 cm³/mol. The third-order valence-electron chi connectivity index (χ3n) is 4.36. The van der Waals surface area contributed by atoms with Gasteiger partial charge >= 0.3 is 0 Å². The molecule has 0 N–H and O–H groups in total. The monoisotopic (exact) mass is 374 g/mol. The molecular formula is C22H18N2O4. The zero-order chi connectivity index (χ0) is 19.5. The highest BCUT2D eigenvalue weighted by atomic mass is 16.5. The molecule has 0 unspecified atom stereocenters. The molecule has 3 aromatic rings. The number of hydrogen-bond acceptors (Lipinski definition) is 5. The Bertz CT molecular complexity index is 1030. The van der Waals surface area contributed by atoms with Gasteiger partial charge in [-0.05, 0) is 60.7 Å². The Morgan fingerprint density at radius 3 is 2.14 bits per heavy atom. The number of amidine groups is 1.